The number of nitrogens with one attached hydrogen (secondary N) is 1. The molecule has 0 radical (unpaired) electrons. The number of primary sulfonamides is 1. The predicted octanol–water partition coefficient (Wildman–Crippen LogP) is 1.73. The molecule has 144 valence electrons. The van der Waals surface area contributed by atoms with Crippen LogP contribution in [-0.4, -0.2) is 57.0 Å². The van der Waals surface area contributed by atoms with Crippen molar-refractivity contribution < 1.29 is 13.2 Å². The van der Waals surface area contributed by atoms with E-state index in [0.717, 1.165) is 26.1 Å². The number of anilines is 1. The fourth-order valence-corrected chi connectivity index (χ4v) is 3.55. The van der Waals surface area contributed by atoms with E-state index in [0.29, 0.717) is 18.8 Å². The molecule has 27 heavy (non-hydrogen) atoms. The molecule has 7 nitrogen and oxygen atoms in total. The minimum absolute atomic E-state index is 0.0209. The molecule has 3 rings (SSSR count). The van der Waals surface area contributed by atoms with Gasteiger partial charge < -0.3 is 10.2 Å². The van der Waals surface area contributed by atoms with Crippen molar-refractivity contribution in [3.63, 3.8) is 0 Å². The smallest absolute Gasteiger partial charge is 0.321 e. The van der Waals surface area contributed by atoms with E-state index in [1.807, 2.05) is 18.2 Å². The van der Waals surface area contributed by atoms with E-state index in [-0.39, 0.29) is 10.9 Å². The molecule has 0 bridgehead atoms. The molecule has 0 spiro atoms. The lowest BCUT2D eigenvalue weighted by Crippen LogP contribution is -2.50. The Morgan fingerprint density at radius 1 is 0.963 bits per heavy atom. The van der Waals surface area contributed by atoms with Crippen LogP contribution in [0.3, 0.4) is 0 Å². The monoisotopic (exact) mass is 388 g/mol. The average Bonchev–Trinajstić information content (AvgIpc) is 2.67. The minimum atomic E-state index is -3.73. The van der Waals surface area contributed by atoms with Crippen LogP contribution < -0.4 is 10.5 Å². The molecule has 0 aliphatic carbocycles. The molecule has 0 saturated carbocycles. The van der Waals surface area contributed by atoms with Crippen molar-refractivity contribution in [2.75, 3.05) is 38.0 Å². The molecule has 1 heterocycles. The number of carbonyl (C=O) groups is 1. The maximum Gasteiger partial charge on any atom is 0.321 e. The van der Waals surface area contributed by atoms with Crippen LogP contribution in [0.4, 0.5) is 10.5 Å². The molecule has 2 aromatic carbocycles. The first-order chi connectivity index (χ1) is 12.9. The van der Waals surface area contributed by atoms with Gasteiger partial charge in [-0.25, -0.2) is 18.4 Å². The predicted molar refractivity (Wildman–Crippen MR) is 105 cm³/mol. The average molecular weight is 388 g/mol. The summed E-state index contributed by atoms with van der Waals surface area (Å²) in [6, 6.07) is 16.0. The fraction of sp³-hybridized carbons (Fsp3) is 0.316. The first-order valence-corrected chi connectivity index (χ1v) is 10.4. The van der Waals surface area contributed by atoms with Crippen molar-refractivity contribution in [3.8, 4) is 0 Å². The van der Waals surface area contributed by atoms with Gasteiger partial charge in [-0.15, -0.1) is 0 Å². The summed E-state index contributed by atoms with van der Waals surface area (Å²) in [6.07, 6.45) is 1.00. The van der Waals surface area contributed by atoms with Crippen LogP contribution >= 0.6 is 0 Å². The highest BCUT2D eigenvalue weighted by Crippen LogP contribution is 2.14. The number of piperazine rings is 1. The lowest BCUT2D eigenvalue weighted by Gasteiger charge is -2.34. The highest BCUT2D eigenvalue weighted by Gasteiger charge is 2.21. The summed E-state index contributed by atoms with van der Waals surface area (Å²) in [5.74, 6) is 0. The van der Waals surface area contributed by atoms with Crippen LogP contribution in [0.2, 0.25) is 0 Å². The normalized spacial score (nSPS) is 15.5. The molecule has 0 atom stereocenters. The molecule has 0 unspecified atom stereocenters. The summed E-state index contributed by atoms with van der Waals surface area (Å²) < 4.78 is 22.5. The second-order valence-corrected chi connectivity index (χ2v) is 8.13. The lowest BCUT2D eigenvalue weighted by molar-refractivity contribution is 0.148. The van der Waals surface area contributed by atoms with Crippen molar-refractivity contribution in [3.05, 3.63) is 60.2 Å². The highest BCUT2D eigenvalue weighted by molar-refractivity contribution is 7.89. The second-order valence-electron chi connectivity index (χ2n) is 6.56. The third-order valence-electron chi connectivity index (χ3n) is 4.65. The van der Waals surface area contributed by atoms with Gasteiger partial charge in [-0.05, 0) is 36.2 Å². The van der Waals surface area contributed by atoms with Gasteiger partial charge in [0.15, 0.2) is 0 Å². The maximum absolute atomic E-state index is 12.4. The van der Waals surface area contributed by atoms with Crippen LogP contribution in [0.5, 0.6) is 0 Å². The number of nitrogens with two attached hydrogens (primary N) is 1. The molecular weight excluding hydrogens is 364 g/mol. The second kappa shape index (κ2) is 8.51. The zero-order valence-electron chi connectivity index (χ0n) is 15.0. The molecule has 2 aromatic rings. The van der Waals surface area contributed by atoms with Crippen molar-refractivity contribution >= 4 is 21.7 Å². The fourth-order valence-electron chi connectivity index (χ4n) is 3.04. The molecule has 1 saturated heterocycles. The van der Waals surface area contributed by atoms with Gasteiger partial charge >= 0.3 is 6.03 Å². The number of rotatable bonds is 5. The van der Waals surface area contributed by atoms with E-state index in [9.17, 15) is 13.2 Å². The Balaban J connectivity index is 1.45. The van der Waals surface area contributed by atoms with Gasteiger partial charge in [0.25, 0.3) is 0 Å². The molecule has 0 aromatic heterocycles. The van der Waals surface area contributed by atoms with Crippen molar-refractivity contribution in [2.45, 2.75) is 11.3 Å². The highest BCUT2D eigenvalue weighted by atomic mass is 32.2. The van der Waals surface area contributed by atoms with E-state index in [4.69, 9.17) is 5.14 Å². The number of benzene rings is 2. The number of amides is 2. The topological polar surface area (TPSA) is 95.7 Å². The molecule has 3 N–H and O–H groups in total. The largest absolute Gasteiger partial charge is 0.322 e. The standard InChI is InChI=1S/C19H24N4O3S/c20-27(25,26)18-8-6-17(7-9-18)21-19(24)23-14-12-22(13-15-23)11-10-16-4-2-1-3-5-16/h1-9H,10-15H2,(H,21,24)(H2,20,25,26). The Morgan fingerprint density at radius 3 is 2.19 bits per heavy atom. The molecule has 1 aliphatic heterocycles. The van der Waals surface area contributed by atoms with Crippen LogP contribution in [0, 0.1) is 0 Å². The Labute approximate surface area is 159 Å². The quantitative estimate of drug-likeness (QED) is 0.815. The van der Waals surface area contributed by atoms with Crippen LogP contribution in [0.25, 0.3) is 0 Å². The van der Waals surface area contributed by atoms with E-state index < -0.39 is 10.0 Å². The van der Waals surface area contributed by atoms with Gasteiger partial charge in [0.1, 0.15) is 0 Å². The number of nitrogens with zero attached hydrogens (tertiary/aromatic N) is 2. The molecule has 2 amide bonds. The van der Waals surface area contributed by atoms with Gasteiger partial charge in [0.05, 0.1) is 4.90 Å². The maximum atomic E-state index is 12.4. The van der Waals surface area contributed by atoms with Crippen molar-refractivity contribution in [2.24, 2.45) is 5.14 Å². The SMILES string of the molecule is NS(=O)(=O)c1ccc(NC(=O)N2CCN(CCc3ccccc3)CC2)cc1. The van der Waals surface area contributed by atoms with Crippen LogP contribution in [-0.2, 0) is 16.4 Å². The van der Waals surface area contributed by atoms with Gasteiger partial charge in [-0.2, -0.15) is 0 Å². The van der Waals surface area contributed by atoms with E-state index in [2.05, 4.69) is 22.3 Å². The zero-order valence-corrected chi connectivity index (χ0v) is 15.9. The Morgan fingerprint density at radius 2 is 1.59 bits per heavy atom. The summed E-state index contributed by atoms with van der Waals surface area (Å²) in [4.78, 5) is 16.5. The van der Waals surface area contributed by atoms with E-state index >= 15 is 0 Å². The lowest BCUT2D eigenvalue weighted by atomic mass is 10.1. The van der Waals surface area contributed by atoms with Gasteiger partial charge in [0, 0.05) is 38.4 Å². The molecular formula is C19H24N4O3S. The number of hydrogen-bond acceptors (Lipinski definition) is 4. The number of hydrogen-bond donors (Lipinski definition) is 2. The summed E-state index contributed by atoms with van der Waals surface area (Å²) >= 11 is 0. The Kier molecular flexibility index (Phi) is 6.10. The van der Waals surface area contributed by atoms with E-state index in [1.165, 1.54) is 29.8 Å². The summed E-state index contributed by atoms with van der Waals surface area (Å²) in [6.45, 7) is 3.98. The third kappa shape index (κ3) is 5.53. The summed E-state index contributed by atoms with van der Waals surface area (Å²) in [5, 5.41) is 7.87. The van der Waals surface area contributed by atoms with Crippen molar-refractivity contribution in [1.82, 2.24) is 9.80 Å². The van der Waals surface area contributed by atoms with Gasteiger partial charge in [-0.3, -0.25) is 4.90 Å². The number of sulfonamides is 1. The third-order valence-corrected chi connectivity index (χ3v) is 5.58. The molecule has 1 aliphatic rings. The zero-order chi connectivity index (χ0) is 19.3. The number of urea groups is 1. The van der Waals surface area contributed by atoms with Crippen LogP contribution in [0.1, 0.15) is 5.56 Å². The first kappa shape index (κ1) is 19.3. The van der Waals surface area contributed by atoms with E-state index in [1.54, 1.807) is 4.90 Å². The summed E-state index contributed by atoms with van der Waals surface area (Å²) in [5.41, 5.74) is 1.86. The minimum Gasteiger partial charge on any atom is -0.322 e. The summed E-state index contributed by atoms with van der Waals surface area (Å²) in [7, 11) is -3.73. The Hall–Kier alpha value is -2.42. The van der Waals surface area contributed by atoms with Gasteiger partial charge in [-0.1, -0.05) is 30.3 Å². The molecule has 1 fully saturated rings. The van der Waals surface area contributed by atoms with Gasteiger partial charge in [0.2, 0.25) is 10.0 Å². The molecule has 8 heteroatoms. The Bertz CT molecular complexity index is 862. The van der Waals surface area contributed by atoms with Crippen LogP contribution in [0.15, 0.2) is 59.5 Å². The van der Waals surface area contributed by atoms with Crippen molar-refractivity contribution in [1.29, 1.82) is 0 Å². The first-order valence-electron chi connectivity index (χ1n) is 8.87. The number of carbonyl (C=O) groups excluding carboxylic acids is 1.